The van der Waals surface area contributed by atoms with Crippen LogP contribution in [0, 0.1) is 5.82 Å². The predicted molar refractivity (Wildman–Crippen MR) is 123 cm³/mol. The van der Waals surface area contributed by atoms with Crippen LogP contribution in [0.4, 0.5) is 10.1 Å². The Balaban J connectivity index is 1.77. The van der Waals surface area contributed by atoms with E-state index in [1.54, 1.807) is 66.2 Å². The van der Waals surface area contributed by atoms with Crippen molar-refractivity contribution in [1.82, 2.24) is 9.55 Å². The van der Waals surface area contributed by atoms with Crippen LogP contribution in [0.5, 0.6) is 0 Å². The number of nitrogens with one attached hydrogen (secondary N) is 1. The molecular formula is C24H22FN3O4S. The van der Waals surface area contributed by atoms with Crippen molar-refractivity contribution in [3.8, 4) is 0 Å². The standard InChI is InChI=1S/C24H22FN3O4S/c1-16(24(29)32-2)28-15-18(21-14-19(25)10-11-22(21)28)13-17-7-6-12-26-23(17)33(30,31)27-20-8-4-3-5-9-20/h3-12,14-16,27H,13H2,1-2H3. The average Bonchev–Trinajstić information content (AvgIpc) is 3.16. The molecule has 0 bridgehead atoms. The topological polar surface area (TPSA) is 90.3 Å². The number of fused-ring (bicyclic) bond motifs is 1. The monoisotopic (exact) mass is 467 g/mol. The summed E-state index contributed by atoms with van der Waals surface area (Å²) in [7, 11) is -2.67. The molecular weight excluding hydrogens is 445 g/mol. The number of para-hydroxylation sites is 1. The maximum atomic E-state index is 14.1. The lowest BCUT2D eigenvalue weighted by Crippen LogP contribution is -2.17. The van der Waals surface area contributed by atoms with Crippen molar-refractivity contribution in [1.29, 1.82) is 0 Å². The zero-order valence-electron chi connectivity index (χ0n) is 18.0. The number of hydrogen-bond acceptors (Lipinski definition) is 5. The number of pyridine rings is 1. The minimum absolute atomic E-state index is 0.118. The van der Waals surface area contributed by atoms with Gasteiger partial charge in [0, 0.05) is 35.4 Å². The van der Waals surface area contributed by atoms with E-state index in [0.717, 1.165) is 0 Å². The number of hydrogen-bond donors (Lipinski definition) is 1. The molecule has 4 rings (SSSR count). The van der Waals surface area contributed by atoms with E-state index in [-0.39, 0.29) is 11.4 Å². The maximum Gasteiger partial charge on any atom is 0.328 e. The van der Waals surface area contributed by atoms with Gasteiger partial charge in [-0.1, -0.05) is 24.3 Å². The second-order valence-electron chi connectivity index (χ2n) is 7.54. The minimum Gasteiger partial charge on any atom is -0.467 e. The predicted octanol–water partition coefficient (Wildman–Crippen LogP) is 4.30. The molecule has 1 atom stereocenters. The molecule has 1 unspecified atom stereocenters. The molecule has 0 saturated carbocycles. The van der Waals surface area contributed by atoms with E-state index in [1.807, 2.05) is 0 Å². The quantitative estimate of drug-likeness (QED) is 0.409. The highest BCUT2D eigenvalue weighted by Crippen LogP contribution is 2.29. The summed E-state index contributed by atoms with van der Waals surface area (Å²) in [4.78, 5) is 16.3. The van der Waals surface area contributed by atoms with Crippen LogP contribution in [0.3, 0.4) is 0 Å². The number of nitrogens with zero attached hydrogens (tertiary/aromatic N) is 2. The van der Waals surface area contributed by atoms with E-state index in [9.17, 15) is 17.6 Å². The Kier molecular flexibility index (Phi) is 6.15. The van der Waals surface area contributed by atoms with E-state index in [0.29, 0.717) is 27.7 Å². The number of benzene rings is 2. The largest absolute Gasteiger partial charge is 0.467 e. The SMILES string of the molecule is COC(=O)C(C)n1cc(Cc2cccnc2S(=O)(=O)Nc2ccccc2)c2cc(F)ccc21. The van der Waals surface area contributed by atoms with Crippen molar-refractivity contribution in [2.24, 2.45) is 0 Å². The first-order valence-corrected chi connectivity index (χ1v) is 11.7. The molecule has 0 amide bonds. The molecule has 0 spiro atoms. The summed E-state index contributed by atoms with van der Waals surface area (Å²) >= 11 is 0. The van der Waals surface area contributed by atoms with Crippen LogP contribution >= 0.6 is 0 Å². The summed E-state index contributed by atoms with van der Waals surface area (Å²) in [6, 6.07) is 15.5. The van der Waals surface area contributed by atoms with Crippen LogP contribution in [-0.2, 0) is 26.0 Å². The van der Waals surface area contributed by atoms with Gasteiger partial charge in [-0.25, -0.2) is 14.2 Å². The van der Waals surface area contributed by atoms with Crippen molar-refractivity contribution < 1.29 is 22.3 Å². The third-order valence-electron chi connectivity index (χ3n) is 5.35. The highest BCUT2D eigenvalue weighted by atomic mass is 32.2. The molecule has 2 aromatic carbocycles. The Hall–Kier alpha value is -3.72. The number of methoxy groups -OCH3 is 1. The molecule has 0 saturated heterocycles. The van der Waals surface area contributed by atoms with E-state index >= 15 is 0 Å². The second-order valence-corrected chi connectivity index (χ2v) is 9.14. The fourth-order valence-electron chi connectivity index (χ4n) is 3.76. The van der Waals surface area contributed by atoms with E-state index < -0.39 is 27.9 Å². The van der Waals surface area contributed by atoms with Crippen molar-refractivity contribution >= 4 is 32.6 Å². The highest BCUT2D eigenvalue weighted by Gasteiger charge is 2.23. The molecule has 170 valence electrons. The lowest BCUT2D eigenvalue weighted by molar-refractivity contribution is -0.143. The molecule has 0 aliphatic carbocycles. The van der Waals surface area contributed by atoms with Crippen LogP contribution in [-0.4, -0.2) is 31.0 Å². The summed E-state index contributed by atoms with van der Waals surface area (Å²) in [5.41, 5.74) is 2.15. The van der Waals surface area contributed by atoms with Gasteiger partial charge in [-0.2, -0.15) is 8.42 Å². The molecule has 4 aromatic rings. The van der Waals surface area contributed by atoms with Gasteiger partial charge < -0.3 is 9.30 Å². The minimum atomic E-state index is -3.97. The molecule has 1 N–H and O–H groups in total. The lowest BCUT2D eigenvalue weighted by atomic mass is 10.1. The first kappa shape index (κ1) is 22.5. The Morgan fingerprint density at radius 2 is 1.88 bits per heavy atom. The summed E-state index contributed by atoms with van der Waals surface area (Å²) in [6.45, 7) is 1.68. The van der Waals surface area contributed by atoms with Crippen LogP contribution in [0.25, 0.3) is 10.9 Å². The van der Waals surface area contributed by atoms with E-state index in [1.165, 1.54) is 25.4 Å². The van der Waals surface area contributed by atoms with Crippen LogP contribution < -0.4 is 4.72 Å². The molecule has 0 aliphatic rings. The molecule has 0 aliphatic heterocycles. The molecule has 2 aromatic heterocycles. The van der Waals surface area contributed by atoms with Gasteiger partial charge in [-0.05, 0) is 54.4 Å². The Bertz CT molecular complexity index is 1420. The summed E-state index contributed by atoms with van der Waals surface area (Å²) < 4.78 is 49.3. The number of ether oxygens (including phenoxy) is 1. The third-order valence-corrected chi connectivity index (χ3v) is 6.73. The first-order valence-electron chi connectivity index (χ1n) is 10.2. The van der Waals surface area contributed by atoms with Gasteiger partial charge in [-0.3, -0.25) is 4.72 Å². The Morgan fingerprint density at radius 3 is 2.61 bits per heavy atom. The maximum absolute atomic E-state index is 14.1. The van der Waals surface area contributed by atoms with Crippen molar-refractivity contribution in [2.75, 3.05) is 11.8 Å². The molecule has 9 heteroatoms. The first-order chi connectivity index (χ1) is 15.8. The number of halogens is 1. The molecule has 7 nitrogen and oxygen atoms in total. The number of anilines is 1. The zero-order chi connectivity index (χ0) is 23.6. The van der Waals surface area contributed by atoms with Crippen molar-refractivity contribution in [3.05, 3.63) is 90.0 Å². The van der Waals surface area contributed by atoms with Crippen LogP contribution in [0.2, 0.25) is 0 Å². The summed E-state index contributed by atoms with van der Waals surface area (Å²) in [6.07, 6.45) is 3.30. The Labute approximate surface area is 190 Å². The number of sulfonamides is 1. The second kappa shape index (κ2) is 9.03. The number of aromatic nitrogens is 2. The van der Waals surface area contributed by atoms with Gasteiger partial charge in [-0.15, -0.1) is 0 Å². The van der Waals surface area contributed by atoms with Gasteiger partial charge in [0.2, 0.25) is 0 Å². The summed E-state index contributed by atoms with van der Waals surface area (Å²) in [5.74, 6) is -0.878. The third kappa shape index (κ3) is 4.58. The number of carbonyl (C=O) groups is 1. The fourth-order valence-corrected chi connectivity index (χ4v) is 4.99. The normalized spacial score (nSPS) is 12.5. The van der Waals surface area contributed by atoms with Gasteiger partial charge in [0.1, 0.15) is 11.9 Å². The molecule has 0 radical (unpaired) electrons. The fraction of sp³-hybridized carbons (Fsp3) is 0.167. The molecule has 0 fully saturated rings. The van der Waals surface area contributed by atoms with E-state index in [2.05, 4.69) is 9.71 Å². The van der Waals surface area contributed by atoms with Crippen LogP contribution in [0.1, 0.15) is 24.1 Å². The highest BCUT2D eigenvalue weighted by molar-refractivity contribution is 7.92. The zero-order valence-corrected chi connectivity index (χ0v) is 18.8. The summed E-state index contributed by atoms with van der Waals surface area (Å²) in [5, 5.41) is 0.459. The number of carbonyl (C=O) groups excluding carboxylic acids is 1. The van der Waals surface area contributed by atoms with E-state index in [4.69, 9.17) is 4.74 Å². The average molecular weight is 468 g/mol. The van der Waals surface area contributed by atoms with Gasteiger partial charge in [0.25, 0.3) is 10.0 Å². The molecule has 2 heterocycles. The van der Waals surface area contributed by atoms with Crippen molar-refractivity contribution in [3.63, 3.8) is 0 Å². The van der Waals surface area contributed by atoms with Crippen LogP contribution in [0.15, 0.2) is 78.1 Å². The number of esters is 1. The molecule has 33 heavy (non-hydrogen) atoms. The van der Waals surface area contributed by atoms with Gasteiger partial charge in [0.15, 0.2) is 5.03 Å². The van der Waals surface area contributed by atoms with Gasteiger partial charge >= 0.3 is 5.97 Å². The van der Waals surface area contributed by atoms with Crippen molar-refractivity contribution in [2.45, 2.75) is 24.4 Å². The number of rotatable bonds is 7. The Morgan fingerprint density at radius 1 is 1.12 bits per heavy atom. The smallest absolute Gasteiger partial charge is 0.328 e. The lowest BCUT2D eigenvalue weighted by Gasteiger charge is -2.12. The van der Waals surface area contributed by atoms with Gasteiger partial charge in [0.05, 0.1) is 7.11 Å².